The van der Waals surface area contributed by atoms with Crippen molar-refractivity contribution in [1.82, 2.24) is 35.1 Å². The zero-order chi connectivity index (χ0) is 53.0. The third kappa shape index (κ3) is 14.4. The number of hydrogen-bond acceptors (Lipinski definition) is 11. The zero-order valence-corrected chi connectivity index (χ0v) is 40.2. The number of nitrogens with zero attached hydrogens (tertiary/aromatic N) is 8. The van der Waals surface area contributed by atoms with E-state index in [1.54, 1.807) is 58.3 Å². The van der Waals surface area contributed by atoms with Crippen molar-refractivity contribution >= 4 is 35.1 Å². The van der Waals surface area contributed by atoms with E-state index in [1.807, 2.05) is 6.92 Å². The lowest BCUT2D eigenvalue weighted by Gasteiger charge is -2.37. The Kier molecular flexibility index (Phi) is 18.4. The van der Waals surface area contributed by atoms with E-state index in [-0.39, 0.29) is 47.4 Å². The zero-order valence-electron chi connectivity index (χ0n) is 40.2. The minimum absolute atomic E-state index is 0.00538. The van der Waals surface area contributed by atoms with E-state index in [1.165, 1.54) is 53.6 Å². The lowest BCUT2D eigenvalue weighted by atomic mass is 10.1. The molecule has 2 aliphatic rings. The summed E-state index contributed by atoms with van der Waals surface area (Å²) >= 11 is 0. The highest BCUT2D eigenvalue weighted by Gasteiger charge is 2.39. The summed E-state index contributed by atoms with van der Waals surface area (Å²) in [5, 5.41) is 7.80. The Labute approximate surface area is 415 Å². The van der Waals surface area contributed by atoms with Gasteiger partial charge < -0.3 is 38.8 Å². The first-order chi connectivity index (χ1) is 34.7. The summed E-state index contributed by atoms with van der Waals surface area (Å²) in [6.07, 6.45) is -9.93. The number of ether oxygens (including phenoxy) is 2. The van der Waals surface area contributed by atoms with Crippen LogP contribution in [-0.2, 0) is 24.1 Å². The molecule has 1 aromatic heterocycles. The summed E-state index contributed by atoms with van der Waals surface area (Å²) in [5.74, 6) is -5.62. The van der Waals surface area contributed by atoms with Gasteiger partial charge in [0, 0.05) is 98.1 Å². The van der Waals surface area contributed by atoms with E-state index in [0.717, 1.165) is 38.3 Å². The van der Waals surface area contributed by atoms with Crippen LogP contribution in [0.4, 0.5) is 56.1 Å². The minimum Gasteiger partial charge on any atom is -0.497 e. The van der Waals surface area contributed by atoms with Crippen molar-refractivity contribution in [3.8, 4) is 23.0 Å². The molecular formula is C49H53F8N9O7. The molecule has 1 N–H and O–H groups in total. The monoisotopic (exact) mass is 1030 g/mol. The Morgan fingerprint density at radius 3 is 1.53 bits per heavy atom. The van der Waals surface area contributed by atoms with E-state index >= 15 is 8.78 Å². The summed E-state index contributed by atoms with van der Waals surface area (Å²) < 4.78 is 121. The van der Waals surface area contributed by atoms with Crippen molar-refractivity contribution in [2.75, 3.05) is 96.0 Å². The van der Waals surface area contributed by atoms with Crippen LogP contribution in [0.2, 0.25) is 0 Å². The molecule has 73 heavy (non-hydrogen) atoms. The number of hydrogen-bond donors (Lipinski definition) is 1. The Morgan fingerprint density at radius 1 is 0.644 bits per heavy atom. The molecule has 0 saturated carbocycles. The predicted octanol–water partition coefficient (Wildman–Crippen LogP) is 8.13. The SMILES string of the molecule is CCN1CCN(C(=O)N(Cc2ccc(-c3nnc(C(F)(F)F)o3)cc2F)c2cccc(OC)c2)CC1.CCN1CCN(C(=O)N(Cc2ccc(C(=O)CNC(=O)C(F)(F)F)cc2F)c2cccc(OC)c2)CC1. The number of halogens is 8. The number of ketones is 1. The number of benzene rings is 4. The van der Waals surface area contributed by atoms with E-state index in [2.05, 4.69) is 31.3 Å². The maximum Gasteiger partial charge on any atom is 0.471 e. The highest BCUT2D eigenvalue weighted by molar-refractivity contribution is 6.00. The van der Waals surface area contributed by atoms with E-state index < -0.39 is 54.0 Å². The number of Topliss-reactive ketones (excluding diaryl/α,β-unsaturated/α-hetero) is 1. The van der Waals surface area contributed by atoms with Gasteiger partial charge >= 0.3 is 36.2 Å². The number of anilines is 2. The number of aromatic nitrogens is 2. The van der Waals surface area contributed by atoms with Gasteiger partial charge in [0.05, 0.1) is 33.9 Å². The molecule has 0 bridgehead atoms. The molecular weight excluding hydrogens is 979 g/mol. The van der Waals surface area contributed by atoms with Crippen LogP contribution in [0.3, 0.4) is 0 Å². The summed E-state index contributed by atoms with van der Waals surface area (Å²) in [4.78, 5) is 60.9. The molecule has 5 aromatic rings. The Hall–Kier alpha value is -7.34. The van der Waals surface area contributed by atoms with Gasteiger partial charge in [-0.05, 0) is 55.6 Å². The topological polar surface area (TPSA) is 157 Å². The molecule has 392 valence electrons. The van der Waals surface area contributed by atoms with Gasteiger partial charge in [-0.1, -0.05) is 44.2 Å². The molecule has 2 fully saturated rings. The van der Waals surface area contributed by atoms with Gasteiger partial charge in [0.1, 0.15) is 23.1 Å². The third-order valence-electron chi connectivity index (χ3n) is 12.0. The normalized spacial score (nSPS) is 14.5. The fourth-order valence-electron chi connectivity index (χ4n) is 7.76. The first-order valence-electron chi connectivity index (χ1n) is 22.9. The molecule has 0 unspecified atom stereocenters. The lowest BCUT2D eigenvalue weighted by molar-refractivity contribution is -0.173. The van der Waals surface area contributed by atoms with Crippen molar-refractivity contribution in [3.63, 3.8) is 0 Å². The molecule has 3 heterocycles. The second-order valence-corrected chi connectivity index (χ2v) is 16.6. The van der Waals surface area contributed by atoms with Crippen LogP contribution in [0, 0.1) is 11.6 Å². The van der Waals surface area contributed by atoms with Crippen molar-refractivity contribution in [3.05, 3.63) is 119 Å². The van der Waals surface area contributed by atoms with Crippen molar-refractivity contribution < 1.29 is 68.2 Å². The van der Waals surface area contributed by atoms with Crippen LogP contribution < -0.4 is 24.6 Å². The quantitative estimate of drug-likeness (QED) is 0.0847. The molecule has 24 heteroatoms. The number of carbonyl (C=O) groups excluding carboxylic acids is 4. The first-order valence-corrected chi connectivity index (χ1v) is 22.9. The van der Waals surface area contributed by atoms with Crippen LogP contribution in [0.5, 0.6) is 11.5 Å². The number of piperazine rings is 2. The third-order valence-corrected chi connectivity index (χ3v) is 12.0. The Balaban J connectivity index is 0.000000238. The fraction of sp³-hybridized carbons (Fsp3) is 0.388. The minimum atomic E-state index is -5.13. The largest absolute Gasteiger partial charge is 0.497 e. The molecule has 0 aliphatic carbocycles. The Bertz CT molecular complexity index is 2710. The maximum absolute atomic E-state index is 15.1. The molecule has 2 aliphatic heterocycles. The summed E-state index contributed by atoms with van der Waals surface area (Å²) in [6.45, 7) is 9.65. The van der Waals surface area contributed by atoms with Crippen molar-refractivity contribution in [2.24, 2.45) is 0 Å². The number of amides is 5. The van der Waals surface area contributed by atoms with Crippen LogP contribution in [-0.4, -0.2) is 146 Å². The second kappa shape index (κ2) is 24.4. The average molecular weight is 1030 g/mol. The number of alkyl halides is 6. The number of rotatable bonds is 14. The van der Waals surface area contributed by atoms with Crippen LogP contribution >= 0.6 is 0 Å². The number of nitrogens with one attached hydrogen (secondary N) is 1. The second-order valence-electron chi connectivity index (χ2n) is 16.6. The molecule has 5 amide bonds. The molecule has 2 saturated heterocycles. The molecule has 16 nitrogen and oxygen atoms in total. The molecule has 0 spiro atoms. The van der Waals surface area contributed by atoms with Crippen LogP contribution in [0.25, 0.3) is 11.5 Å². The highest BCUT2D eigenvalue weighted by Crippen LogP contribution is 2.32. The highest BCUT2D eigenvalue weighted by atomic mass is 19.4. The molecule has 4 aromatic carbocycles. The summed E-state index contributed by atoms with van der Waals surface area (Å²) in [5.41, 5.74) is 1.05. The Morgan fingerprint density at radius 2 is 1.12 bits per heavy atom. The standard InChI is InChI=1S/C25H28F4N4O4.C24H25F4N5O3/c1-3-31-9-11-32(12-10-31)24(36)33(19-5-4-6-20(14-19)37-2)16-18-8-7-17(13-21(18)26)22(34)15-30-23(35)25(27,28)29;1-3-31-9-11-32(12-10-31)23(34)33(18-5-4-6-19(14-18)35-2)15-17-8-7-16(13-20(17)25)21-29-30-22(36-21)24(26,27)28/h4-8,13-14H,3,9-12,15-16H2,1-2H3,(H,30,35);4-8,13-14H,3,9-12,15H2,1-2H3. The van der Waals surface area contributed by atoms with E-state index in [4.69, 9.17) is 9.47 Å². The van der Waals surface area contributed by atoms with Gasteiger partial charge in [-0.2, -0.15) is 26.3 Å². The van der Waals surface area contributed by atoms with Gasteiger partial charge in [-0.3, -0.25) is 19.4 Å². The lowest BCUT2D eigenvalue weighted by Crippen LogP contribution is -2.52. The summed E-state index contributed by atoms with van der Waals surface area (Å²) in [6, 6.07) is 20.2. The first kappa shape index (κ1) is 55.0. The van der Waals surface area contributed by atoms with E-state index in [9.17, 15) is 45.5 Å². The number of carbonyl (C=O) groups is 4. The van der Waals surface area contributed by atoms with Crippen molar-refractivity contribution in [1.29, 1.82) is 0 Å². The smallest absolute Gasteiger partial charge is 0.471 e. The van der Waals surface area contributed by atoms with Gasteiger partial charge in [-0.25, -0.2) is 18.4 Å². The van der Waals surface area contributed by atoms with Crippen LogP contribution in [0.15, 0.2) is 89.3 Å². The molecule has 7 rings (SSSR count). The van der Waals surface area contributed by atoms with E-state index in [0.29, 0.717) is 62.1 Å². The van der Waals surface area contributed by atoms with Crippen molar-refractivity contribution in [2.45, 2.75) is 39.3 Å². The maximum atomic E-state index is 15.1. The number of methoxy groups -OCH3 is 2. The van der Waals surface area contributed by atoms with Gasteiger partial charge in [0.15, 0.2) is 5.78 Å². The fourth-order valence-corrected chi connectivity index (χ4v) is 7.76. The summed E-state index contributed by atoms with van der Waals surface area (Å²) in [7, 11) is 3.00. The van der Waals surface area contributed by atoms with Crippen LogP contribution in [0.1, 0.15) is 41.2 Å². The molecule has 0 atom stereocenters. The number of likely N-dealkylation sites (N-methyl/N-ethyl adjacent to an activating group) is 2. The molecule has 0 radical (unpaired) electrons. The van der Waals surface area contributed by atoms with Gasteiger partial charge in [-0.15, -0.1) is 10.2 Å². The average Bonchev–Trinajstić information content (AvgIpc) is 3.91. The van der Waals surface area contributed by atoms with Gasteiger partial charge in [0.25, 0.3) is 0 Å². The predicted molar refractivity (Wildman–Crippen MR) is 251 cm³/mol. The van der Waals surface area contributed by atoms with Gasteiger partial charge in [0.2, 0.25) is 5.89 Å². The number of urea groups is 2.